The van der Waals surface area contributed by atoms with Crippen molar-refractivity contribution in [2.45, 2.75) is 13.3 Å². The van der Waals surface area contributed by atoms with E-state index in [-0.39, 0.29) is 5.75 Å². The lowest BCUT2D eigenvalue weighted by Gasteiger charge is -2.04. The molecule has 72 valence electrons. The largest absolute Gasteiger partial charge is 0.508 e. The minimum Gasteiger partial charge on any atom is -0.508 e. The highest BCUT2D eigenvalue weighted by Crippen LogP contribution is 2.18. The second kappa shape index (κ2) is 4.82. The van der Waals surface area contributed by atoms with Crippen molar-refractivity contribution in [3.05, 3.63) is 29.6 Å². The number of aromatic hydroxyl groups is 1. The lowest BCUT2D eigenvalue weighted by atomic mass is 10.1. The van der Waals surface area contributed by atoms with Crippen molar-refractivity contribution in [1.29, 1.82) is 0 Å². The number of phenols is 1. The summed E-state index contributed by atoms with van der Waals surface area (Å²) in [6.45, 7) is 3.11. The lowest BCUT2D eigenvalue weighted by molar-refractivity contribution is 0.150. The molecule has 0 aliphatic rings. The molecule has 3 heteroatoms. The summed E-state index contributed by atoms with van der Waals surface area (Å²) in [5.41, 5.74) is 0.717. The van der Waals surface area contributed by atoms with E-state index in [1.807, 2.05) is 6.92 Å². The molecule has 0 fully saturated rings. The van der Waals surface area contributed by atoms with E-state index in [0.717, 1.165) is 11.6 Å². The van der Waals surface area contributed by atoms with Gasteiger partial charge in [-0.15, -0.1) is 0 Å². The van der Waals surface area contributed by atoms with Crippen LogP contribution in [-0.2, 0) is 11.2 Å². The summed E-state index contributed by atoms with van der Waals surface area (Å²) in [7, 11) is 0. The number of hydrogen-bond acceptors (Lipinski definition) is 2. The highest BCUT2D eigenvalue weighted by molar-refractivity contribution is 5.32. The molecule has 1 aromatic rings. The van der Waals surface area contributed by atoms with E-state index in [0.29, 0.717) is 19.6 Å². The highest BCUT2D eigenvalue weighted by Gasteiger charge is 2.01. The van der Waals surface area contributed by atoms with Gasteiger partial charge in [0.2, 0.25) is 0 Å². The molecule has 1 N–H and O–H groups in total. The van der Waals surface area contributed by atoms with E-state index >= 15 is 0 Å². The van der Waals surface area contributed by atoms with Gasteiger partial charge in [-0.1, -0.05) is 6.07 Å². The van der Waals surface area contributed by atoms with Crippen molar-refractivity contribution in [3.63, 3.8) is 0 Å². The van der Waals surface area contributed by atoms with Gasteiger partial charge in [0.05, 0.1) is 6.61 Å². The molecule has 13 heavy (non-hydrogen) atoms. The molecule has 1 rings (SSSR count). The quantitative estimate of drug-likeness (QED) is 0.726. The molecular weight excluding hydrogens is 171 g/mol. The fraction of sp³-hybridized carbons (Fsp3) is 0.400. The van der Waals surface area contributed by atoms with Gasteiger partial charge in [-0.05, 0) is 25.0 Å². The molecule has 0 saturated carbocycles. The van der Waals surface area contributed by atoms with E-state index < -0.39 is 5.82 Å². The van der Waals surface area contributed by atoms with Crippen molar-refractivity contribution in [2.75, 3.05) is 13.2 Å². The Morgan fingerprint density at radius 2 is 2.23 bits per heavy atom. The van der Waals surface area contributed by atoms with Crippen LogP contribution in [0.25, 0.3) is 0 Å². The van der Waals surface area contributed by atoms with Crippen LogP contribution >= 0.6 is 0 Å². The number of phenolic OH excluding ortho intramolecular Hbond substituents is 1. The molecule has 0 radical (unpaired) electrons. The first kappa shape index (κ1) is 9.99. The van der Waals surface area contributed by atoms with Crippen LogP contribution < -0.4 is 0 Å². The summed E-state index contributed by atoms with van der Waals surface area (Å²) >= 11 is 0. The van der Waals surface area contributed by atoms with Crippen LogP contribution in [-0.4, -0.2) is 18.3 Å². The lowest BCUT2D eigenvalue weighted by Crippen LogP contribution is -1.98. The molecule has 0 saturated heterocycles. The van der Waals surface area contributed by atoms with Crippen LogP contribution in [0.1, 0.15) is 12.5 Å². The number of benzene rings is 1. The van der Waals surface area contributed by atoms with Gasteiger partial charge in [0.15, 0.2) is 0 Å². The van der Waals surface area contributed by atoms with Gasteiger partial charge in [0.25, 0.3) is 0 Å². The molecule has 0 amide bonds. The standard InChI is InChI=1S/C10H13FO2/c1-2-13-6-5-8-3-4-9(11)7-10(8)12/h3-4,7,12H,2,5-6H2,1H3. The monoisotopic (exact) mass is 184 g/mol. The fourth-order valence-electron chi connectivity index (χ4n) is 1.07. The third-order valence-corrected chi connectivity index (χ3v) is 1.77. The summed E-state index contributed by atoms with van der Waals surface area (Å²) in [6.07, 6.45) is 0.611. The molecule has 2 nitrogen and oxygen atoms in total. The first-order chi connectivity index (χ1) is 6.24. The van der Waals surface area contributed by atoms with Crippen molar-refractivity contribution in [2.24, 2.45) is 0 Å². The van der Waals surface area contributed by atoms with Gasteiger partial charge >= 0.3 is 0 Å². The van der Waals surface area contributed by atoms with Crippen LogP contribution in [0.4, 0.5) is 4.39 Å². The molecule has 0 aliphatic carbocycles. The van der Waals surface area contributed by atoms with E-state index in [2.05, 4.69) is 0 Å². The van der Waals surface area contributed by atoms with Gasteiger partial charge in [-0.2, -0.15) is 0 Å². The topological polar surface area (TPSA) is 29.5 Å². The zero-order valence-corrected chi connectivity index (χ0v) is 7.59. The third-order valence-electron chi connectivity index (χ3n) is 1.77. The smallest absolute Gasteiger partial charge is 0.126 e. The predicted octanol–water partition coefficient (Wildman–Crippen LogP) is 2.11. The molecule has 0 bridgehead atoms. The van der Waals surface area contributed by atoms with Gasteiger partial charge < -0.3 is 9.84 Å². The van der Waals surface area contributed by atoms with Gasteiger partial charge in [0, 0.05) is 12.7 Å². The Kier molecular flexibility index (Phi) is 3.71. The number of ether oxygens (including phenoxy) is 1. The Hall–Kier alpha value is -1.09. The zero-order valence-electron chi connectivity index (χ0n) is 7.59. The summed E-state index contributed by atoms with van der Waals surface area (Å²) in [4.78, 5) is 0. The van der Waals surface area contributed by atoms with Crippen LogP contribution in [0.2, 0.25) is 0 Å². The maximum atomic E-state index is 12.5. The van der Waals surface area contributed by atoms with Gasteiger partial charge in [0.1, 0.15) is 11.6 Å². The minimum atomic E-state index is -0.419. The molecule has 1 aromatic carbocycles. The highest BCUT2D eigenvalue weighted by atomic mass is 19.1. The molecule has 0 atom stereocenters. The van der Waals surface area contributed by atoms with E-state index in [4.69, 9.17) is 4.74 Å². The molecular formula is C10H13FO2. The molecule has 0 heterocycles. The fourth-order valence-corrected chi connectivity index (χ4v) is 1.07. The Balaban J connectivity index is 2.56. The normalized spacial score (nSPS) is 10.3. The Morgan fingerprint density at radius 1 is 1.46 bits per heavy atom. The number of rotatable bonds is 4. The summed E-state index contributed by atoms with van der Waals surface area (Å²) < 4.78 is 17.7. The maximum absolute atomic E-state index is 12.5. The van der Waals surface area contributed by atoms with Gasteiger partial charge in [-0.25, -0.2) is 4.39 Å². The Labute approximate surface area is 77.0 Å². The van der Waals surface area contributed by atoms with Crippen molar-refractivity contribution >= 4 is 0 Å². The van der Waals surface area contributed by atoms with Crippen LogP contribution in [0.5, 0.6) is 5.75 Å². The second-order valence-corrected chi connectivity index (χ2v) is 2.72. The molecule has 0 aromatic heterocycles. The second-order valence-electron chi connectivity index (χ2n) is 2.72. The minimum absolute atomic E-state index is 0.000275. The Morgan fingerprint density at radius 3 is 2.85 bits per heavy atom. The van der Waals surface area contributed by atoms with Crippen molar-refractivity contribution in [1.82, 2.24) is 0 Å². The SMILES string of the molecule is CCOCCc1ccc(F)cc1O. The first-order valence-electron chi connectivity index (χ1n) is 4.29. The van der Waals surface area contributed by atoms with Crippen molar-refractivity contribution in [3.8, 4) is 5.75 Å². The van der Waals surface area contributed by atoms with Gasteiger partial charge in [-0.3, -0.25) is 0 Å². The molecule has 0 aliphatic heterocycles. The summed E-state index contributed by atoms with van der Waals surface area (Å²) in [6, 6.07) is 4.02. The maximum Gasteiger partial charge on any atom is 0.126 e. The Bertz CT molecular complexity index is 274. The van der Waals surface area contributed by atoms with Crippen molar-refractivity contribution < 1.29 is 14.2 Å². The molecule has 0 spiro atoms. The summed E-state index contributed by atoms with van der Waals surface area (Å²) in [5.74, 6) is -0.419. The number of hydrogen-bond donors (Lipinski definition) is 1. The zero-order chi connectivity index (χ0) is 9.68. The first-order valence-corrected chi connectivity index (χ1v) is 4.29. The molecule has 0 unspecified atom stereocenters. The number of halogens is 1. The summed E-state index contributed by atoms with van der Waals surface area (Å²) in [5, 5.41) is 9.30. The van der Waals surface area contributed by atoms with Crippen LogP contribution in [0, 0.1) is 5.82 Å². The predicted molar refractivity (Wildman–Crippen MR) is 48.3 cm³/mol. The van der Waals surface area contributed by atoms with Crippen LogP contribution in [0.3, 0.4) is 0 Å². The average Bonchev–Trinajstić information content (AvgIpc) is 2.09. The van der Waals surface area contributed by atoms with E-state index in [1.165, 1.54) is 6.07 Å². The third kappa shape index (κ3) is 3.03. The average molecular weight is 184 g/mol. The van der Waals surface area contributed by atoms with E-state index in [9.17, 15) is 9.50 Å². The van der Waals surface area contributed by atoms with E-state index in [1.54, 1.807) is 6.07 Å². The van der Waals surface area contributed by atoms with Crippen LogP contribution in [0.15, 0.2) is 18.2 Å².